The van der Waals surface area contributed by atoms with Crippen molar-refractivity contribution in [2.75, 3.05) is 0 Å². The minimum Gasteiger partial charge on any atom is -0.0622 e. The van der Waals surface area contributed by atoms with E-state index in [2.05, 4.69) is 88.4 Å². The number of hydrogen-bond acceptors (Lipinski definition) is 0. The van der Waals surface area contributed by atoms with Crippen LogP contribution in [0.3, 0.4) is 0 Å². The van der Waals surface area contributed by atoms with Gasteiger partial charge >= 0.3 is 0 Å². The first-order valence-electron chi connectivity index (χ1n) is 10.1. The van der Waals surface area contributed by atoms with E-state index >= 15 is 0 Å². The lowest BCUT2D eigenvalue weighted by Gasteiger charge is -2.26. The molecule has 0 aromatic heterocycles. The maximum Gasteiger partial charge on any atom is -0.00677 e. The van der Waals surface area contributed by atoms with Crippen molar-refractivity contribution in [3.05, 3.63) is 82.9 Å². The molecule has 0 heteroatoms. The summed E-state index contributed by atoms with van der Waals surface area (Å²) < 4.78 is 0. The van der Waals surface area contributed by atoms with Gasteiger partial charge in [0, 0.05) is 0 Å². The van der Waals surface area contributed by atoms with Gasteiger partial charge in [0.25, 0.3) is 0 Å². The quantitative estimate of drug-likeness (QED) is 0.442. The van der Waals surface area contributed by atoms with Crippen LogP contribution in [0.5, 0.6) is 0 Å². The molecule has 0 saturated heterocycles. The van der Waals surface area contributed by atoms with E-state index < -0.39 is 0 Å². The van der Waals surface area contributed by atoms with Crippen LogP contribution in [-0.2, 0) is 25.7 Å². The fraction of sp³-hybridized carbons (Fsp3) is 0.308. The van der Waals surface area contributed by atoms with Crippen molar-refractivity contribution in [1.82, 2.24) is 0 Å². The molecule has 3 aromatic rings. The Morgan fingerprint density at radius 1 is 0.423 bits per heavy atom. The Kier molecular flexibility index (Phi) is 5.93. The van der Waals surface area contributed by atoms with Crippen LogP contribution >= 0.6 is 0 Å². The molecule has 3 rings (SSSR count). The molecule has 0 amide bonds. The predicted molar refractivity (Wildman–Crippen MR) is 115 cm³/mol. The average molecular weight is 343 g/mol. The molecular weight excluding hydrogens is 312 g/mol. The van der Waals surface area contributed by atoms with Gasteiger partial charge in [0.1, 0.15) is 0 Å². The van der Waals surface area contributed by atoms with Crippen LogP contribution < -0.4 is 0 Å². The first-order chi connectivity index (χ1) is 12.8. The standard InChI is InChI=1S/C26H30/c1-5-21-22(6-2)24(8-4)26(20-17-13-10-14-18-20)25(23(21)7-3)19-15-11-9-12-16-19/h9-18H,5-8H2,1-4H3. The Labute approximate surface area is 158 Å². The van der Waals surface area contributed by atoms with E-state index in [9.17, 15) is 0 Å². The third-order valence-electron chi connectivity index (χ3n) is 5.49. The molecule has 0 spiro atoms. The van der Waals surface area contributed by atoms with E-state index in [1.807, 2.05) is 0 Å². The summed E-state index contributed by atoms with van der Waals surface area (Å²) in [5.41, 5.74) is 11.8. The molecule has 0 atom stereocenters. The molecule has 0 aliphatic rings. The first-order valence-corrected chi connectivity index (χ1v) is 10.1. The van der Waals surface area contributed by atoms with E-state index in [0.717, 1.165) is 25.7 Å². The van der Waals surface area contributed by atoms with Crippen molar-refractivity contribution in [3.8, 4) is 22.3 Å². The number of benzene rings is 3. The first kappa shape index (κ1) is 18.5. The Morgan fingerprint density at radius 3 is 1.00 bits per heavy atom. The Balaban J connectivity index is 2.51. The van der Waals surface area contributed by atoms with Gasteiger partial charge in [0.05, 0.1) is 0 Å². The molecule has 0 unspecified atom stereocenters. The van der Waals surface area contributed by atoms with Gasteiger partial charge in [-0.1, -0.05) is 88.4 Å². The van der Waals surface area contributed by atoms with Gasteiger partial charge in [0.2, 0.25) is 0 Å². The van der Waals surface area contributed by atoms with Crippen molar-refractivity contribution >= 4 is 0 Å². The van der Waals surface area contributed by atoms with Crippen molar-refractivity contribution in [1.29, 1.82) is 0 Å². The molecule has 0 heterocycles. The minimum atomic E-state index is 1.07. The second-order valence-electron chi connectivity index (χ2n) is 6.81. The zero-order valence-electron chi connectivity index (χ0n) is 16.6. The minimum absolute atomic E-state index is 1.07. The number of rotatable bonds is 6. The van der Waals surface area contributed by atoms with Gasteiger partial charge in [-0.3, -0.25) is 0 Å². The van der Waals surface area contributed by atoms with E-state index in [-0.39, 0.29) is 0 Å². The molecule has 0 aliphatic heterocycles. The molecular formula is C26H30. The Hall–Kier alpha value is -2.34. The molecule has 134 valence electrons. The second kappa shape index (κ2) is 8.36. The zero-order chi connectivity index (χ0) is 18.5. The highest BCUT2D eigenvalue weighted by molar-refractivity contribution is 5.90. The topological polar surface area (TPSA) is 0 Å². The average Bonchev–Trinajstić information content (AvgIpc) is 2.72. The molecule has 0 saturated carbocycles. The highest BCUT2D eigenvalue weighted by atomic mass is 14.3. The lowest BCUT2D eigenvalue weighted by molar-refractivity contribution is 0.949. The third kappa shape index (κ3) is 3.21. The Bertz CT molecular complexity index is 783. The van der Waals surface area contributed by atoms with Gasteiger partial charge < -0.3 is 0 Å². The van der Waals surface area contributed by atoms with Crippen molar-refractivity contribution < 1.29 is 0 Å². The molecule has 0 radical (unpaired) electrons. The van der Waals surface area contributed by atoms with Gasteiger partial charge in [-0.05, 0) is 70.2 Å². The third-order valence-corrected chi connectivity index (χ3v) is 5.49. The molecule has 0 fully saturated rings. The SMILES string of the molecule is CCc1c(CC)c(CC)c(-c2ccccc2)c(-c2ccccc2)c1CC. The number of hydrogen-bond donors (Lipinski definition) is 0. The second-order valence-corrected chi connectivity index (χ2v) is 6.81. The van der Waals surface area contributed by atoms with Gasteiger partial charge in [0.15, 0.2) is 0 Å². The van der Waals surface area contributed by atoms with Crippen molar-refractivity contribution in [3.63, 3.8) is 0 Å². The van der Waals surface area contributed by atoms with Crippen LogP contribution in [0.1, 0.15) is 49.9 Å². The summed E-state index contributed by atoms with van der Waals surface area (Å²) in [6.07, 6.45) is 4.36. The van der Waals surface area contributed by atoms with Crippen LogP contribution in [0, 0.1) is 0 Å². The molecule has 0 bridgehead atoms. The van der Waals surface area contributed by atoms with Crippen LogP contribution in [0.15, 0.2) is 60.7 Å². The monoisotopic (exact) mass is 342 g/mol. The van der Waals surface area contributed by atoms with Gasteiger partial charge in [-0.15, -0.1) is 0 Å². The molecule has 3 aromatic carbocycles. The normalized spacial score (nSPS) is 10.9. The summed E-state index contributed by atoms with van der Waals surface area (Å²) in [4.78, 5) is 0. The summed E-state index contributed by atoms with van der Waals surface area (Å²) in [6, 6.07) is 21.9. The summed E-state index contributed by atoms with van der Waals surface area (Å²) in [6.45, 7) is 9.23. The largest absolute Gasteiger partial charge is 0.0622 e. The summed E-state index contributed by atoms with van der Waals surface area (Å²) in [7, 11) is 0. The van der Waals surface area contributed by atoms with E-state index in [1.165, 1.54) is 33.4 Å². The van der Waals surface area contributed by atoms with Crippen molar-refractivity contribution in [2.45, 2.75) is 53.4 Å². The van der Waals surface area contributed by atoms with Gasteiger partial charge in [-0.25, -0.2) is 0 Å². The highest BCUT2D eigenvalue weighted by Gasteiger charge is 2.22. The molecule has 0 nitrogen and oxygen atoms in total. The summed E-state index contributed by atoms with van der Waals surface area (Å²) in [5, 5.41) is 0. The lowest BCUT2D eigenvalue weighted by atomic mass is 9.78. The zero-order valence-corrected chi connectivity index (χ0v) is 16.6. The highest BCUT2D eigenvalue weighted by Crippen LogP contribution is 2.42. The van der Waals surface area contributed by atoms with Crippen LogP contribution in [0.4, 0.5) is 0 Å². The fourth-order valence-electron chi connectivity index (χ4n) is 4.45. The maximum atomic E-state index is 2.31. The van der Waals surface area contributed by atoms with E-state index in [0.29, 0.717) is 0 Å². The van der Waals surface area contributed by atoms with Crippen molar-refractivity contribution in [2.24, 2.45) is 0 Å². The van der Waals surface area contributed by atoms with Gasteiger partial charge in [-0.2, -0.15) is 0 Å². The fourth-order valence-corrected chi connectivity index (χ4v) is 4.45. The van der Waals surface area contributed by atoms with Crippen LogP contribution in [0.25, 0.3) is 22.3 Å². The smallest absolute Gasteiger partial charge is 0.00677 e. The lowest BCUT2D eigenvalue weighted by Crippen LogP contribution is -2.08. The van der Waals surface area contributed by atoms with Crippen LogP contribution in [0.2, 0.25) is 0 Å². The Morgan fingerprint density at radius 2 is 0.731 bits per heavy atom. The maximum absolute atomic E-state index is 2.31. The molecule has 0 aliphatic carbocycles. The van der Waals surface area contributed by atoms with E-state index in [1.54, 1.807) is 11.1 Å². The predicted octanol–water partition coefficient (Wildman–Crippen LogP) is 7.27. The summed E-state index contributed by atoms with van der Waals surface area (Å²) >= 11 is 0. The van der Waals surface area contributed by atoms with Crippen LogP contribution in [-0.4, -0.2) is 0 Å². The summed E-state index contributed by atoms with van der Waals surface area (Å²) in [5.74, 6) is 0. The molecule has 0 N–H and O–H groups in total. The molecule has 26 heavy (non-hydrogen) atoms. The van der Waals surface area contributed by atoms with E-state index in [4.69, 9.17) is 0 Å².